The fourth-order valence-corrected chi connectivity index (χ4v) is 0. The molecule has 0 bridgehead atoms. The average Bonchev–Trinajstić information content (AvgIpc) is 1.89. The van der Waals surface area contributed by atoms with E-state index in [1.165, 1.54) is 12.8 Å². The standard InChI is InChI=1S/2C5H11.Cd/c2*1-4-5(2)3;/h2*5H,2,4H2,1,3H3;/q2*-1;+2. The van der Waals surface area contributed by atoms with Crippen molar-refractivity contribution in [2.75, 3.05) is 0 Å². The summed E-state index contributed by atoms with van der Waals surface area (Å²) in [7, 11) is 0. The van der Waals surface area contributed by atoms with Crippen molar-refractivity contribution in [3.8, 4) is 0 Å². The quantitative estimate of drug-likeness (QED) is 0.520. The zero-order valence-corrected chi connectivity index (χ0v) is 12.7. The molecule has 0 aromatic carbocycles. The van der Waals surface area contributed by atoms with Gasteiger partial charge in [-0.25, -0.2) is 0 Å². The van der Waals surface area contributed by atoms with Gasteiger partial charge in [-0.3, -0.25) is 0 Å². The van der Waals surface area contributed by atoms with E-state index in [2.05, 4.69) is 41.5 Å². The summed E-state index contributed by atoms with van der Waals surface area (Å²) in [5.41, 5.74) is 0. The summed E-state index contributed by atoms with van der Waals surface area (Å²) < 4.78 is 0. The number of rotatable bonds is 2. The summed E-state index contributed by atoms with van der Waals surface area (Å²) in [5.74, 6) is 1.27. The molecule has 0 aromatic heterocycles. The summed E-state index contributed by atoms with van der Waals surface area (Å²) in [6.45, 7) is 16.0. The van der Waals surface area contributed by atoms with Crippen LogP contribution in [0.3, 0.4) is 0 Å². The Morgan fingerprint density at radius 1 is 0.909 bits per heavy atom. The monoisotopic (exact) mass is 256 g/mol. The Bertz CT molecular complexity index is 40.8. The molecule has 2 unspecified atom stereocenters. The Hall–Kier alpha value is 0.922. The van der Waals surface area contributed by atoms with Crippen LogP contribution in [0.5, 0.6) is 0 Å². The van der Waals surface area contributed by atoms with Gasteiger partial charge in [-0.2, -0.15) is 11.8 Å². The minimum Gasteiger partial charge on any atom is -0.341 e. The van der Waals surface area contributed by atoms with Crippen LogP contribution in [0.1, 0.15) is 40.5 Å². The Labute approximate surface area is 93.3 Å². The van der Waals surface area contributed by atoms with Gasteiger partial charge in [0.1, 0.15) is 0 Å². The van der Waals surface area contributed by atoms with Crippen molar-refractivity contribution in [2.24, 2.45) is 11.8 Å². The van der Waals surface area contributed by atoms with Crippen LogP contribution in [0.4, 0.5) is 0 Å². The predicted molar refractivity (Wildman–Crippen MR) is 49.6 cm³/mol. The third kappa shape index (κ3) is 35.9. The molecule has 0 fully saturated rings. The smallest absolute Gasteiger partial charge is 0.341 e. The Balaban J connectivity index is -0.000000107. The van der Waals surface area contributed by atoms with Crippen molar-refractivity contribution >= 4 is 0 Å². The Morgan fingerprint density at radius 2 is 1.00 bits per heavy atom. The van der Waals surface area contributed by atoms with Crippen molar-refractivity contribution in [3.05, 3.63) is 13.8 Å². The van der Waals surface area contributed by atoms with Gasteiger partial charge in [0.05, 0.1) is 0 Å². The molecule has 0 amide bonds. The van der Waals surface area contributed by atoms with Gasteiger partial charge in [0, 0.05) is 0 Å². The van der Waals surface area contributed by atoms with Gasteiger partial charge >= 0.3 is 27.3 Å². The molecule has 0 nitrogen and oxygen atoms in total. The van der Waals surface area contributed by atoms with Gasteiger partial charge in [0.25, 0.3) is 0 Å². The minimum atomic E-state index is 0. The molecule has 0 heterocycles. The zero-order valence-electron chi connectivity index (χ0n) is 8.69. The van der Waals surface area contributed by atoms with E-state index >= 15 is 0 Å². The zero-order chi connectivity index (χ0) is 8.57. The normalized spacial score (nSPS) is 13.6. The second kappa shape index (κ2) is 13.5. The molecule has 0 aliphatic heterocycles. The van der Waals surface area contributed by atoms with Crippen LogP contribution in [-0.4, -0.2) is 0 Å². The van der Waals surface area contributed by atoms with E-state index in [0.717, 1.165) is 0 Å². The van der Waals surface area contributed by atoms with E-state index in [9.17, 15) is 0 Å². The first-order valence-electron chi connectivity index (χ1n) is 4.20. The molecule has 0 N–H and O–H groups in total. The van der Waals surface area contributed by atoms with Gasteiger partial charge < -0.3 is 13.8 Å². The van der Waals surface area contributed by atoms with Crippen molar-refractivity contribution in [2.45, 2.75) is 40.5 Å². The molecular weight excluding hydrogens is 233 g/mol. The summed E-state index contributed by atoms with van der Waals surface area (Å²) in [5, 5.41) is 0. The maximum atomic E-state index is 3.76. The molecule has 2 atom stereocenters. The third-order valence-electron chi connectivity index (χ3n) is 1.39. The van der Waals surface area contributed by atoms with Crippen molar-refractivity contribution in [1.82, 2.24) is 0 Å². The predicted octanol–water partition coefficient (Wildman–Crippen LogP) is 3.73. The van der Waals surface area contributed by atoms with E-state index in [0.29, 0.717) is 11.8 Å². The number of hydrogen-bond donors (Lipinski definition) is 0. The maximum absolute atomic E-state index is 3.76. The summed E-state index contributed by atoms with van der Waals surface area (Å²) in [4.78, 5) is 0. The summed E-state index contributed by atoms with van der Waals surface area (Å²) >= 11 is 0. The Morgan fingerprint density at radius 3 is 1.00 bits per heavy atom. The topological polar surface area (TPSA) is 0 Å². The largest absolute Gasteiger partial charge is 2.00 e. The van der Waals surface area contributed by atoms with Crippen molar-refractivity contribution in [3.63, 3.8) is 0 Å². The van der Waals surface area contributed by atoms with Crippen molar-refractivity contribution < 1.29 is 27.3 Å². The molecule has 0 spiro atoms. The van der Waals surface area contributed by atoms with Gasteiger partial charge in [-0.05, 0) is 0 Å². The second-order valence-corrected chi connectivity index (χ2v) is 3.03. The third-order valence-corrected chi connectivity index (χ3v) is 1.39. The SMILES string of the molecule is [CH2-]C(C)CC.[CH2-]C(C)CC.[Cd+2]. The molecule has 0 saturated carbocycles. The van der Waals surface area contributed by atoms with E-state index in [1.807, 2.05) is 0 Å². The average molecular weight is 255 g/mol. The second-order valence-electron chi connectivity index (χ2n) is 3.03. The van der Waals surface area contributed by atoms with Gasteiger partial charge in [0.2, 0.25) is 0 Å². The molecule has 0 radical (unpaired) electrons. The maximum Gasteiger partial charge on any atom is 2.00 e. The molecule has 0 rings (SSSR count). The van der Waals surface area contributed by atoms with Crippen LogP contribution in [0, 0.1) is 25.7 Å². The molecular formula is C10H22Cd. The first kappa shape index (κ1) is 17.9. The van der Waals surface area contributed by atoms with E-state index in [1.54, 1.807) is 0 Å². The van der Waals surface area contributed by atoms with E-state index < -0.39 is 0 Å². The van der Waals surface area contributed by atoms with Crippen LogP contribution < -0.4 is 0 Å². The van der Waals surface area contributed by atoms with Gasteiger partial charge in [-0.1, -0.05) is 40.5 Å². The van der Waals surface area contributed by atoms with Crippen molar-refractivity contribution in [1.29, 1.82) is 0 Å². The fourth-order valence-electron chi connectivity index (χ4n) is 0. The molecule has 0 aliphatic carbocycles. The van der Waals surface area contributed by atoms with Gasteiger partial charge in [0.15, 0.2) is 0 Å². The first-order valence-corrected chi connectivity index (χ1v) is 4.20. The molecule has 0 saturated heterocycles. The fraction of sp³-hybridized carbons (Fsp3) is 0.800. The molecule has 64 valence electrons. The van der Waals surface area contributed by atoms with Crippen LogP contribution in [0.15, 0.2) is 0 Å². The van der Waals surface area contributed by atoms with Crippen LogP contribution >= 0.6 is 0 Å². The number of hydrogen-bond acceptors (Lipinski definition) is 0. The molecule has 0 aliphatic rings. The minimum absolute atomic E-state index is 0. The molecule has 11 heavy (non-hydrogen) atoms. The van der Waals surface area contributed by atoms with Gasteiger partial charge in [-0.15, -0.1) is 0 Å². The Kier molecular flexibility index (Phi) is 21.9. The first-order chi connectivity index (χ1) is 4.54. The van der Waals surface area contributed by atoms with Crippen LogP contribution in [0.25, 0.3) is 0 Å². The van der Waals surface area contributed by atoms with Crippen LogP contribution in [-0.2, 0) is 27.3 Å². The summed E-state index contributed by atoms with van der Waals surface area (Å²) in [6.07, 6.45) is 2.39. The van der Waals surface area contributed by atoms with E-state index in [4.69, 9.17) is 0 Å². The summed E-state index contributed by atoms with van der Waals surface area (Å²) in [6, 6.07) is 0. The van der Waals surface area contributed by atoms with E-state index in [-0.39, 0.29) is 27.3 Å². The molecule has 0 aromatic rings. The van der Waals surface area contributed by atoms with Crippen LogP contribution in [0.2, 0.25) is 0 Å². The molecule has 1 heteroatoms.